The number of thiazole rings is 1. The van der Waals surface area contributed by atoms with E-state index in [1.165, 1.54) is 11.3 Å². The monoisotopic (exact) mass is 276 g/mol. The summed E-state index contributed by atoms with van der Waals surface area (Å²) in [6.07, 6.45) is 1.72. The van der Waals surface area contributed by atoms with Crippen LogP contribution in [0.25, 0.3) is 0 Å². The van der Waals surface area contributed by atoms with Gasteiger partial charge in [-0.05, 0) is 31.5 Å². The molecule has 1 heterocycles. The van der Waals surface area contributed by atoms with Crippen molar-refractivity contribution in [2.75, 3.05) is 10.6 Å². The molecule has 0 fully saturated rings. The Kier molecular flexibility index (Phi) is 4.13. The van der Waals surface area contributed by atoms with Crippen molar-refractivity contribution in [3.05, 3.63) is 40.9 Å². The maximum absolute atomic E-state index is 11.8. The average Bonchev–Trinajstić information content (AvgIpc) is 2.74. The van der Waals surface area contributed by atoms with E-state index in [4.69, 9.17) is 5.73 Å². The number of aromatic nitrogens is 1. The normalized spacial score (nSPS) is 11.9. The summed E-state index contributed by atoms with van der Waals surface area (Å²) in [6.45, 7) is 3.84. The Labute approximate surface area is 115 Å². The van der Waals surface area contributed by atoms with E-state index < -0.39 is 0 Å². The third-order valence-electron chi connectivity index (χ3n) is 2.51. The van der Waals surface area contributed by atoms with Crippen LogP contribution in [0.1, 0.15) is 23.4 Å². The number of hydrogen-bond donors (Lipinski definition) is 3. The Morgan fingerprint density at radius 3 is 2.84 bits per heavy atom. The summed E-state index contributed by atoms with van der Waals surface area (Å²) in [4.78, 5) is 16.9. The zero-order valence-corrected chi connectivity index (χ0v) is 11.6. The standard InChI is InChI=1S/C13H16N4OS/c1-8-7-15-13(19-8)17-12(18)16-11-5-3-4-10(6-11)9(2)14/h3-7,9H,14H2,1-2H3,(H2,15,16,17,18). The maximum Gasteiger partial charge on any atom is 0.325 e. The lowest BCUT2D eigenvalue weighted by Crippen LogP contribution is -2.19. The number of amides is 2. The third kappa shape index (κ3) is 3.77. The van der Waals surface area contributed by atoms with E-state index in [1.807, 2.05) is 38.1 Å². The Hall–Kier alpha value is -1.92. The Balaban J connectivity index is 2.00. The third-order valence-corrected chi connectivity index (χ3v) is 3.34. The molecule has 0 aliphatic heterocycles. The van der Waals surface area contributed by atoms with Gasteiger partial charge in [0, 0.05) is 22.8 Å². The predicted molar refractivity (Wildman–Crippen MR) is 78.5 cm³/mol. The molecule has 0 radical (unpaired) electrons. The molecule has 0 spiro atoms. The molecular weight excluding hydrogens is 260 g/mol. The molecule has 19 heavy (non-hydrogen) atoms. The van der Waals surface area contributed by atoms with Crippen LogP contribution in [0.15, 0.2) is 30.5 Å². The van der Waals surface area contributed by atoms with E-state index in [1.54, 1.807) is 6.20 Å². The van der Waals surface area contributed by atoms with Gasteiger partial charge in [-0.2, -0.15) is 0 Å². The van der Waals surface area contributed by atoms with Crippen LogP contribution in [-0.4, -0.2) is 11.0 Å². The first kappa shape index (κ1) is 13.5. The van der Waals surface area contributed by atoms with E-state index in [0.717, 1.165) is 10.4 Å². The fourth-order valence-corrected chi connectivity index (χ4v) is 2.23. The fourth-order valence-electron chi connectivity index (χ4n) is 1.57. The quantitative estimate of drug-likeness (QED) is 0.805. The number of urea groups is 1. The Morgan fingerprint density at radius 1 is 1.42 bits per heavy atom. The van der Waals surface area contributed by atoms with Crippen molar-refractivity contribution in [3.63, 3.8) is 0 Å². The lowest BCUT2D eigenvalue weighted by molar-refractivity contribution is 0.262. The van der Waals surface area contributed by atoms with Gasteiger partial charge in [0.15, 0.2) is 5.13 Å². The highest BCUT2D eigenvalue weighted by molar-refractivity contribution is 7.15. The minimum absolute atomic E-state index is 0.0635. The number of rotatable bonds is 3. The maximum atomic E-state index is 11.8. The van der Waals surface area contributed by atoms with Crippen molar-refractivity contribution in [1.29, 1.82) is 0 Å². The van der Waals surface area contributed by atoms with Gasteiger partial charge in [0.1, 0.15) is 0 Å². The van der Waals surface area contributed by atoms with Gasteiger partial charge in [0.2, 0.25) is 0 Å². The van der Waals surface area contributed by atoms with Gasteiger partial charge in [-0.25, -0.2) is 9.78 Å². The summed E-state index contributed by atoms with van der Waals surface area (Å²) in [6, 6.07) is 7.10. The van der Waals surface area contributed by atoms with Crippen LogP contribution >= 0.6 is 11.3 Å². The number of benzene rings is 1. The number of carbonyl (C=O) groups excluding carboxylic acids is 1. The van der Waals surface area contributed by atoms with E-state index in [-0.39, 0.29) is 12.1 Å². The van der Waals surface area contributed by atoms with Crippen LogP contribution in [-0.2, 0) is 0 Å². The van der Waals surface area contributed by atoms with E-state index >= 15 is 0 Å². The Bertz CT molecular complexity index is 580. The lowest BCUT2D eigenvalue weighted by atomic mass is 10.1. The molecule has 4 N–H and O–H groups in total. The van der Waals surface area contributed by atoms with Crippen molar-refractivity contribution in [2.45, 2.75) is 19.9 Å². The minimum Gasteiger partial charge on any atom is -0.324 e. The largest absolute Gasteiger partial charge is 0.325 e. The summed E-state index contributed by atoms with van der Waals surface area (Å²) < 4.78 is 0. The molecular formula is C13H16N4OS. The molecule has 1 aromatic heterocycles. The van der Waals surface area contributed by atoms with Crippen LogP contribution in [0.2, 0.25) is 0 Å². The van der Waals surface area contributed by atoms with Gasteiger partial charge in [0.05, 0.1) is 0 Å². The second-order valence-corrected chi connectivity index (χ2v) is 5.50. The predicted octanol–water partition coefficient (Wildman–Crippen LogP) is 3.12. The smallest absolute Gasteiger partial charge is 0.324 e. The number of nitrogens with zero attached hydrogens (tertiary/aromatic N) is 1. The summed E-state index contributed by atoms with van der Waals surface area (Å²) in [5.41, 5.74) is 7.49. The highest BCUT2D eigenvalue weighted by Gasteiger charge is 2.06. The zero-order valence-electron chi connectivity index (χ0n) is 10.8. The summed E-state index contributed by atoms with van der Waals surface area (Å²) in [5, 5.41) is 6.02. The molecule has 0 saturated heterocycles. The molecule has 100 valence electrons. The average molecular weight is 276 g/mol. The molecule has 0 saturated carbocycles. The number of aryl methyl sites for hydroxylation is 1. The van der Waals surface area contributed by atoms with Gasteiger partial charge >= 0.3 is 6.03 Å². The van der Waals surface area contributed by atoms with Crippen LogP contribution in [0, 0.1) is 6.92 Å². The molecule has 0 aliphatic carbocycles. The second-order valence-electron chi connectivity index (χ2n) is 4.27. The second kappa shape index (κ2) is 5.81. The van der Waals surface area contributed by atoms with Crippen molar-refractivity contribution in [1.82, 2.24) is 4.98 Å². The molecule has 0 bridgehead atoms. The van der Waals surface area contributed by atoms with Gasteiger partial charge in [0.25, 0.3) is 0 Å². The van der Waals surface area contributed by atoms with Gasteiger partial charge in [-0.3, -0.25) is 5.32 Å². The van der Waals surface area contributed by atoms with Crippen LogP contribution < -0.4 is 16.4 Å². The summed E-state index contributed by atoms with van der Waals surface area (Å²) >= 11 is 1.43. The van der Waals surface area contributed by atoms with E-state index in [2.05, 4.69) is 15.6 Å². The molecule has 1 unspecified atom stereocenters. The number of anilines is 2. The van der Waals surface area contributed by atoms with Gasteiger partial charge in [-0.1, -0.05) is 12.1 Å². The van der Waals surface area contributed by atoms with E-state index in [9.17, 15) is 4.79 Å². The first-order valence-electron chi connectivity index (χ1n) is 5.90. The van der Waals surface area contributed by atoms with Gasteiger partial charge < -0.3 is 11.1 Å². The fraction of sp³-hybridized carbons (Fsp3) is 0.231. The van der Waals surface area contributed by atoms with Crippen molar-refractivity contribution >= 4 is 28.2 Å². The first-order valence-corrected chi connectivity index (χ1v) is 6.72. The van der Waals surface area contributed by atoms with Gasteiger partial charge in [-0.15, -0.1) is 11.3 Å². The van der Waals surface area contributed by atoms with Crippen molar-refractivity contribution in [2.24, 2.45) is 5.73 Å². The van der Waals surface area contributed by atoms with Crippen LogP contribution in [0.4, 0.5) is 15.6 Å². The first-order chi connectivity index (χ1) is 9.04. The Morgan fingerprint density at radius 2 is 2.21 bits per heavy atom. The van der Waals surface area contributed by atoms with Crippen LogP contribution in [0.3, 0.4) is 0 Å². The lowest BCUT2D eigenvalue weighted by Gasteiger charge is -2.09. The van der Waals surface area contributed by atoms with Crippen LogP contribution in [0.5, 0.6) is 0 Å². The molecule has 2 amide bonds. The summed E-state index contributed by atoms with van der Waals surface area (Å²) in [5.74, 6) is 0. The van der Waals surface area contributed by atoms with Crippen molar-refractivity contribution < 1.29 is 4.79 Å². The highest BCUT2D eigenvalue weighted by atomic mass is 32.1. The zero-order chi connectivity index (χ0) is 13.8. The number of carbonyl (C=O) groups is 1. The number of nitrogens with one attached hydrogen (secondary N) is 2. The highest BCUT2D eigenvalue weighted by Crippen LogP contribution is 2.18. The number of hydrogen-bond acceptors (Lipinski definition) is 4. The molecule has 6 heteroatoms. The molecule has 2 aromatic rings. The topological polar surface area (TPSA) is 80.0 Å². The SMILES string of the molecule is Cc1cnc(NC(=O)Nc2cccc(C(C)N)c2)s1. The molecule has 2 rings (SSSR count). The van der Waals surface area contributed by atoms with Crippen molar-refractivity contribution in [3.8, 4) is 0 Å². The molecule has 1 aromatic carbocycles. The summed E-state index contributed by atoms with van der Waals surface area (Å²) in [7, 11) is 0. The molecule has 0 aliphatic rings. The molecule has 5 nitrogen and oxygen atoms in total. The number of nitrogens with two attached hydrogens (primary N) is 1. The minimum atomic E-state index is -0.309. The molecule has 1 atom stereocenters. The van der Waals surface area contributed by atoms with E-state index in [0.29, 0.717) is 10.8 Å².